The highest BCUT2D eigenvalue weighted by atomic mass is 29.1. The Morgan fingerprint density at radius 1 is 1.44 bits per heavy atom. The van der Waals surface area contributed by atoms with Crippen LogP contribution in [0, 0.1) is 0 Å². The predicted molar refractivity (Wildman–Crippen MR) is 38.4 cm³/mol. The van der Waals surface area contributed by atoms with Crippen LogP contribution in [0.3, 0.4) is 0 Å². The molecule has 0 aromatic heterocycles. The van der Waals surface area contributed by atoms with Crippen molar-refractivity contribution in [3.63, 3.8) is 0 Å². The van der Waals surface area contributed by atoms with Crippen LogP contribution in [-0.4, -0.2) is 24.3 Å². The summed E-state index contributed by atoms with van der Waals surface area (Å²) in [5.74, 6) is 0. The van der Waals surface area contributed by atoms with E-state index in [9.17, 15) is 13.2 Å². The van der Waals surface area contributed by atoms with E-state index in [1.54, 1.807) is 0 Å². The molecule has 0 fully saturated rings. The molecule has 56 valence electrons. The molecule has 0 nitrogen and oxygen atoms in total. The van der Waals surface area contributed by atoms with Crippen molar-refractivity contribution in [3.05, 3.63) is 0 Å². The minimum atomic E-state index is -3.91. The van der Waals surface area contributed by atoms with Crippen molar-refractivity contribution in [1.29, 1.82) is 0 Å². The molecule has 9 heavy (non-hydrogen) atoms. The lowest BCUT2D eigenvalue weighted by Crippen LogP contribution is -2.14. The first-order valence-corrected chi connectivity index (χ1v) is 9.57. The summed E-state index contributed by atoms with van der Waals surface area (Å²) in [4.78, 5) is 0. The molecule has 0 bridgehead atoms. The molecule has 0 saturated heterocycles. The summed E-state index contributed by atoms with van der Waals surface area (Å²) in [6, 6.07) is 0.440. The van der Waals surface area contributed by atoms with Gasteiger partial charge in [-0.25, -0.2) is 0 Å². The van der Waals surface area contributed by atoms with E-state index in [4.69, 9.17) is 0 Å². The number of hydrogen-bond donors (Lipinski definition) is 0. The smallest absolute Gasteiger partial charge is 0.171 e. The molecule has 0 rings (SSSR count). The molecule has 0 aliphatic heterocycles. The van der Waals surface area contributed by atoms with E-state index in [1.165, 1.54) is 0 Å². The third-order valence-corrected chi connectivity index (χ3v) is 4.18. The van der Waals surface area contributed by atoms with Crippen LogP contribution in [0.25, 0.3) is 0 Å². The van der Waals surface area contributed by atoms with Crippen LogP contribution in [0.5, 0.6) is 0 Å². The molecule has 5 heteroatoms. The van der Waals surface area contributed by atoms with Crippen molar-refractivity contribution in [2.24, 2.45) is 0 Å². The van der Waals surface area contributed by atoms with Gasteiger partial charge in [0.1, 0.15) is 0 Å². The fraction of sp³-hybridized carbons (Fsp3) is 1.00. The first-order chi connectivity index (χ1) is 3.92. The number of alkyl halides is 3. The summed E-state index contributed by atoms with van der Waals surface area (Å²) in [5, 5.41) is 0. The topological polar surface area (TPSA) is 0 Å². The van der Waals surface area contributed by atoms with Crippen molar-refractivity contribution in [3.8, 4) is 0 Å². The summed E-state index contributed by atoms with van der Waals surface area (Å²) >= 11 is 0. The van der Waals surface area contributed by atoms with Gasteiger partial charge >= 0.3 is 6.18 Å². The quantitative estimate of drug-likeness (QED) is 0.537. The van der Waals surface area contributed by atoms with Gasteiger partial charge in [-0.05, 0) is 9.76 Å². The number of halogens is 3. The summed E-state index contributed by atoms with van der Waals surface area (Å²) in [5.41, 5.74) is 0. The molecule has 0 aliphatic carbocycles. The zero-order valence-electron chi connectivity index (χ0n) is 5.63. The van der Waals surface area contributed by atoms with Crippen LogP contribution in [0.2, 0.25) is 12.6 Å². The Kier molecular flexibility index (Phi) is 3.49. The highest BCUT2D eigenvalue weighted by Gasteiger charge is 2.26. The first-order valence-electron chi connectivity index (χ1n) is 2.98. The van der Waals surface area contributed by atoms with Gasteiger partial charge in [-0.2, -0.15) is 13.2 Å². The van der Waals surface area contributed by atoms with Crippen molar-refractivity contribution < 1.29 is 13.2 Å². The Bertz CT molecular complexity index is 78.4. The van der Waals surface area contributed by atoms with Gasteiger partial charge in [-0.15, -0.1) is 0 Å². The van der Waals surface area contributed by atoms with Gasteiger partial charge in [0.25, 0.3) is 0 Å². The maximum absolute atomic E-state index is 11.5. The fourth-order valence-electron chi connectivity index (χ4n) is 0.452. The Labute approximate surface area is 57.3 Å². The van der Waals surface area contributed by atoms with Crippen molar-refractivity contribution in [1.82, 2.24) is 0 Å². The normalized spacial score (nSPS) is 16.0. The van der Waals surface area contributed by atoms with Crippen LogP contribution in [0.15, 0.2) is 0 Å². The van der Waals surface area contributed by atoms with Gasteiger partial charge in [0.05, 0.1) is 0 Å². The molecule has 0 radical (unpaired) electrons. The van der Waals surface area contributed by atoms with Gasteiger partial charge in [0.2, 0.25) is 0 Å². The average Bonchev–Trinajstić information content (AvgIpc) is 1.59. The lowest BCUT2D eigenvalue weighted by molar-refractivity contribution is -0.130. The minimum Gasteiger partial charge on any atom is -0.171 e. The maximum Gasteiger partial charge on any atom is 0.388 e. The lowest BCUT2D eigenvalue weighted by atomic mass is 10.5. The third-order valence-electron chi connectivity index (χ3n) is 1.01. The van der Waals surface area contributed by atoms with Gasteiger partial charge in [-0.3, -0.25) is 0 Å². The second-order valence-corrected chi connectivity index (χ2v) is 11.8. The molecule has 0 N–H and O–H groups in total. The SMILES string of the molecule is C[SiH]([SiH3])CCC(F)(F)F. The molecule has 1 atom stereocenters. The van der Waals surface area contributed by atoms with Gasteiger partial charge in [0, 0.05) is 14.7 Å². The molecule has 0 amide bonds. The molecule has 0 aromatic rings. The Morgan fingerprint density at radius 2 is 1.89 bits per heavy atom. The largest absolute Gasteiger partial charge is 0.388 e. The van der Waals surface area contributed by atoms with E-state index >= 15 is 0 Å². The van der Waals surface area contributed by atoms with Crippen LogP contribution >= 0.6 is 0 Å². The highest BCUT2D eigenvalue weighted by Crippen LogP contribution is 2.21. The summed E-state index contributed by atoms with van der Waals surface area (Å²) in [6.07, 6.45) is -4.46. The molecule has 0 spiro atoms. The molecule has 0 aromatic carbocycles. The molecule has 0 saturated carbocycles. The maximum atomic E-state index is 11.5. The molecule has 1 unspecified atom stereocenters. The highest BCUT2D eigenvalue weighted by molar-refractivity contribution is 7.02. The first kappa shape index (κ1) is 9.22. The second kappa shape index (κ2) is 3.41. The summed E-state index contributed by atoms with van der Waals surface area (Å²) in [6.45, 7) is 1.98. The number of hydrogen-bond acceptors (Lipinski definition) is 0. The fourth-order valence-corrected chi connectivity index (χ4v) is 2.22. The van der Waals surface area contributed by atoms with E-state index in [0.29, 0.717) is 6.04 Å². The zero-order valence-corrected chi connectivity index (χ0v) is 8.78. The van der Waals surface area contributed by atoms with Crippen molar-refractivity contribution >= 4 is 18.1 Å². The molecule has 0 heterocycles. The van der Waals surface area contributed by atoms with E-state index in [1.807, 2.05) is 6.55 Å². The van der Waals surface area contributed by atoms with Gasteiger partial charge < -0.3 is 0 Å². The minimum absolute atomic E-state index is 0.440. The lowest BCUT2D eigenvalue weighted by Gasteiger charge is -2.06. The van der Waals surface area contributed by atoms with Gasteiger partial charge in [-0.1, -0.05) is 12.6 Å². The Balaban J connectivity index is 3.28. The van der Waals surface area contributed by atoms with E-state index in [0.717, 1.165) is 9.76 Å². The molecule has 0 aliphatic rings. The monoisotopic (exact) mass is 172 g/mol. The predicted octanol–water partition coefficient (Wildman–Crippen LogP) is 0.658. The molecular weight excluding hydrogens is 161 g/mol. The zero-order chi connectivity index (χ0) is 7.49. The van der Waals surface area contributed by atoms with Crippen molar-refractivity contribution in [2.45, 2.75) is 25.2 Å². The van der Waals surface area contributed by atoms with E-state index < -0.39 is 20.9 Å². The average molecular weight is 172 g/mol. The van der Waals surface area contributed by atoms with E-state index in [-0.39, 0.29) is 0 Å². The Hall–Kier alpha value is 0.224. The van der Waals surface area contributed by atoms with Crippen molar-refractivity contribution in [2.75, 3.05) is 0 Å². The van der Waals surface area contributed by atoms with Crippen LogP contribution < -0.4 is 0 Å². The van der Waals surface area contributed by atoms with E-state index in [2.05, 4.69) is 0 Å². The van der Waals surface area contributed by atoms with Crippen LogP contribution in [-0.2, 0) is 0 Å². The van der Waals surface area contributed by atoms with Gasteiger partial charge in [0.15, 0.2) is 0 Å². The summed E-state index contributed by atoms with van der Waals surface area (Å²) in [7, 11) is 0.150. The molecular formula is C4H11F3Si2. The number of rotatable bonds is 2. The van der Waals surface area contributed by atoms with Crippen LogP contribution in [0.1, 0.15) is 6.42 Å². The second-order valence-electron chi connectivity index (χ2n) is 2.55. The Morgan fingerprint density at radius 3 is 2.00 bits per heavy atom. The third kappa shape index (κ3) is 8.22. The van der Waals surface area contributed by atoms with Crippen LogP contribution in [0.4, 0.5) is 13.2 Å². The summed E-state index contributed by atoms with van der Waals surface area (Å²) < 4.78 is 34.4. The standard InChI is InChI=1S/C4H11F3Si2/c1-9(8)3-2-4(5,6)7/h9H,2-3H2,1,8H3.